The molecule has 1 rings (SSSR count). The number of methoxy groups -OCH3 is 1. The van der Waals surface area contributed by atoms with Gasteiger partial charge in [0.2, 0.25) is 0 Å². The normalized spacial score (nSPS) is 49.2. The summed E-state index contributed by atoms with van der Waals surface area (Å²) in [5.41, 5.74) is 0. The maximum atomic E-state index is 5.71. The van der Waals surface area contributed by atoms with Gasteiger partial charge in [-0.1, -0.05) is 20.8 Å². The number of rotatable bonds is 1. The average Bonchev–Trinajstić information content (AvgIpc) is 2.08. The van der Waals surface area contributed by atoms with Crippen molar-refractivity contribution in [1.82, 2.24) is 0 Å². The van der Waals surface area contributed by atoms with Gasteiger partial charge in [0.05, 0.1) is 6.10 Å². The molecule has 2 unspecified atom stereocenters. The van der Waals surface area contributed by atoms with Crippen molar-refractivity contribution >= 4 is 0 Å². The second-order valence-corrected chi connectivity index (χ2v) is 4.02. The van der Waals surface area contributed by atoms with Gasteiger partial charge in [-0.25, -0.2) is 0 Å². The van der Waals surface area contributed by atoms with E-state index in [9.17, 15) is 0 Å². The zero-order chi connectivity index (χ0) is 9.30. The maximum Gasteiger partial charge on any atom is 0.160 e. The van der Waals surface area contributed by atoms with E-state index in [1.165, 1.54) is 0 Å². The Labute approximate surface area is 75.2 Å². The zero-order valence-corrected chi connectivity index (χ0v) is 8.70. The zero-order valence-electron chi connectivity index (χ0n) is 8.70. The molecule has 0 bridgehead atoms. The van der Waals surface area contributed by atoms with Crippen LogP contribution in [-0.4, -0.2) is 19.5 Å². The molecule has 0 radical (unpaired) electrons. The van der Waals surface area contributed by atoms with Crippen molar-refractivity contribution in [1.29, 1.82) is 0 Å². The topological polar surface area (TPSA) is 18.5 Å². The van der Waals surface area contributed by atoms with Gasteiger partial charge in [0.1, 0.15) is 0 Å². The Balaban J connectivity index is 2.63. The van der Waals surface area contributed by atoms with E-state index in [-0.39, 0.29) is 6.29 Å². The molecule has 1 aliphatic heterocycles. The van der Waals surface area contributed by atoms with Crippen LogP contribution in [0.25, 0.3) is 0 Å². The summed E-state index contributed by atoms with van der Waals surface area (Å²) < 4.78 is 11.0. The van der Waals surface area contributed by atoms with Gasteiger partial charge >= 0.3 is 0 Å². The summed E-state index contributed by atoms with van der Waals surface area (Å²) in [6.45, 7) is 8.85. The molecule has 5 atom stereocenters. The van der Waals surface area contributed by atoms with Crippen molar-refractivity contribution in [2.24, 2.45) is 17.8 Å². The van der Waals surface area contributed by atoms with Crippen LogP contribution in [-0.2, 0) is 9.47 Å². The highest BCUT2D eigenvalue weighted by atomic mass is 16.7. The molecule has 1 aliphatic rings. The summed E-state index contributed by atoms with van der Waals surface area (Å²) >= 11 is 0. The van der Waals surface area contributed by atoms with Gasteiger partial charge in [-0.2, -0.15) is 0 Å². The highest BCUT2D eigenvalue weighted by Gasteiger charge is 2.36. The fourth-order valence-corrected chi connectivity index (χ4v) is 1.88. The van der Waals surface area contributed by atoms with Gasteiger partial charge in [-0.3, -0.25) is 0 Å². The smallest absolute Gasteiger partial charge is 0.160 e. The van der Waals surface area contributed by atoms with Gasteiger partial charge in [0.25, 0.3) is 0 Å². The molecule has 0 saturated carbocycles. The van der Waals surface area contributed by atoms with Gasteiger partial charge in [0, 0.05) is 13.0 Å². The van der Waals surface area contributed by atoms with Gasteiger partial charge in [-0.05, 0) is 18.8 Å². The van der Waals surface area contributed by atoms with Gasteiger partial charge in [0.15, 0.2) is 6.29 Å². The molecular formula is C10H20O2. The SMILES string of the molecule is CO[C@H]1OC(C)[C@H](C)[C@H](C)C1C. The fraction of sp³-hybridized carbons (Fsp3) is 1.00. The van der Waals surface area contributed by atoms with E-state index in [1.54, 1.807) is 7.11 Å². The molecule has 2 nitrogen and oxygen atoms in total. The van der Waals surface area contributed by atoms with E-state index in [0.29, 0.717) is 23.9 Å². The van der Waals surface area contributed by atoms with Crippen LogP contribution in [0.15, 0.2) is 0 Å². The Bertz CT molecular complexity index is 142. The largest absolute Gasteiger partial charge is 0.356 e. The van der Waals surface area contributed by atoms with Crippen molar-refractivity contribution in [2.45, 2.75) is 40.1 Å². The van der Waals surface area contributed by atoms with Crippen LogP contribution in [0.1, 0.15) is 27.7 Å². The molecular weight excluding hydrogens is 152 g/mol. The summed E-state index contributed by atoms with van der Waals surface area (Å²) in [5.74, 6) is 1.81. The fourth-order valence-electron chi connectivity index (χ4n) is 1.88. The second kappa shape index (κ2) is 3.75. The van der Waals surface area contributed by atoms with Crippen molar-refractivity contribution in [3.8, 4) is 0 Å². The van der Waals surface area contributed by atoms with Crippen LogP contribution >= 0.6 is 0 Å². The minimum absolute atomic E-state index is 0.00815. The molecule has 0 N–H and O–H groups in total. The first-order valence-electron chi connectivity index (χ1n) is 4.76. The van der Waals surface area contributed by atoms with Gasteiger partial charge in [-0.15, -0.1) is 0 Å². The molecule has 0 aliphatic carbocycles. The van der Waals surface area contributed by atoms with E-state index in [2.05, 4.69) is 27.7 Å². The summed E-state index contributed by atoms with van der Waals surface area (Å²) in [6, 6.07) is 0. The van der Waals surface area contributed by atoms with Crippen molar-refractivity contribution in [3.63, 3.8) is 0 Å². The molecule has 0 spiro atoms. The number of hydrogen-bond donors (Lipinski definition) is 0. The van der Waals surface area contributed by atoms with Crippen molar-refractivity contribution in [2.75, 3.05) is 7.11 Å². The van der Waals surface area contributed by atoms with Crippen LogP contribution in [0.3, 0.4) is 0 Å². The van der Waals surface area contributed by atoms with Gasteiger partial charge < -0.3 is 9.47 Å². The molecule has 2 heteroatoms. The maximum absolute atomic E-state index is 5.71. The number of hydrogen-bond acceptors (Lipinski definition) is 2. The first-order chi connectivity index (χ1) is 5.57. The van der Waals surface area contributed by atoms with E-state index in [4.69, 9.17) is 9.47 Å². The lowest BCUT2D eigenvalue weighted by Crippen LogP contribution is -2.44. The lowest BCUT2D eigenvalue weighted by atomic mass is 9.79. The quantitative estimate of drug-likeness (QED) is 0.604. The van der Waals surface area contributed by atoms with Crippen LogP contribution in [0.2, 0.25) is 0 Å². The van der Waals surface area contributed by atoms with E-state index >= 15 is 0 Å². The minimum Gasteiger partial charge on any atom is -0.356 e. The van der Waals surface area contributed by atoms with E-state index in [1.807, 2.05) is 0 Å². The molecule has 12 heavy (non-hydrogen) atoms. The lowest BCUT2D eigenvalue weighted by molar-refractivity contribution is -0.232. The van der Waals surface area contributed by atoms with Crippen molar-refractivity contribution in [3.05, 3.63) is 0 Å². The minimum atomic E-state index is -0.00815. The third kappa shape index (κ3) is 1.64. The second-order valence-electron chi connectivity index (χ2n) is 4.02. The standard InChI is InChI=1S/C10H20O2/c1-6-7(2)9(4)12-10(11-5)8(6)3/h6-10H,1-5H3/t6-,7+,8?,9?,10-/m0/s1. The first-order valence-corrected chi connectivity index (χ1v) is 4.76. The summed E-state index contributed by atoms with van der Waals surface area (Å²) in [4.78, 5) is 0. The van der Waals surface area contributed by atoms with Crippen LogP contribution in [0.4, 0.5) is 0 Å². The monoisotopic (exact) mass is 172 g/mol. The Kier molecular flexibility index (Phi) is 3.13. The average molecular weight is 172 g/mol. The molecule has 0 aromatic carbocycles. The Morgan fingerprint density at radius 3 is 2.00 bits per heavy atom. The van der Waals surface area contributed by atoms with E-state index < -0.39 is 0 Å². The predicted molar refractivity (Wildman–Crippen MR) is 48.8 cm³/mol. The highest BCUT2D eigenvalue weighted by molar-refractivity contribution is 4.80. The molecule has 0 aromatic rings. The van der Waals surface area contributed by atoms with E-state index in [0.717, 1.165) is 0 Å². The molecule has 1 fully saturated rings. The highest BCUT2D eigenvalue weighted by Crippen LogP contribution is 2.34. The summed E-state index contributed by atoms with van der Waals surface area (Å²) in [7, 11) is 1.72. The Morgan fingerprint density at radius 1 is 0.917 bits per heavy atom. The predicted octanol–water partition coefficient (Wildman–Crippen LogP) is 2.29. The molecule has 1 saturated heterocycles. The third-order valence-corrected chi connectivity index (χ3v) is 3.41. The van der Waals surface area contributed by atoms with Crippen LogP contribution in [0.5, 0.6) is 0 Å². The Hall–Kier alpha value is -0.0800. The molecule has 0 amide bonds. The van der Waals surface area contributed by atoms with Crippen LogP contribution < -0.4 is 0 Å². The van der Waals surface area contributed by atoms with Crippen molar-refractivity contribution < 1.29 is 9.47 Å². The number of ether oxygens (including phenoxy) is 2. The summed E-state index contributed by atoms with van der Waals surface area (Å²) in [6.07, 6.45) is 0.312. The third-order valence-electron chi connectivity index (χ3n) is 3.41. The Morgan fingerprint density at radius 2 is 1.50 bits per heavy atom. The van der Waals surface area contributed by atoms with Crippen LogP contribution in [0, 0.1) is 17.8 Å². The summed E-state index contributed by atoms with van der Waals surface area (Å²) in [5, 5.41) is 0. The molecule has 1 heterocycles. The molecule has 72 valence electrons. The lowest BCUT2D eigenvalue weighted by Gasteiger charge is -2.41. The molecule has 0 aromatic heterocycles. The first kappa shape index (κ1) is 10.0.